The number of nitrogens with one attached hydrogen (secondary N) is 2. The number of nitrogens with zero attached hydrogens (tertiary/aromatic N) is 2. The first-order valence-electron chi connectivity index (χ1n) is 7.19. The average molecular weight is 264 g/mol. The number of hydrogen-bond acceptors (Lipinski definition) is 4. The SMILES string of the molecule is CCN1CCCC1CNc1cc(=O)[nH]c(C(C)C)n1. The summed E-state index contributed by atoms with van der Waals surface area (Å²) in [4.78, 5) is 21.3. The minimum atomic E-state index is -0.0834. The Morgan fingerprint density at radius 3 is 3.05 bits per heavy atom. The van der Waals surface area contributed by atoms with Gasteiger partial charge in [-0.3, -0.25) is 9.69 Å². The van der Waals surface area contributed by atoms with E-state index in [1.165, 1.54) is 25.5 Å². The van der Waals surface area contributed by atoms with Crippen molar-refractivity contribution in [3.05, 3.63) is 22.2 Å². The van der Waals surface area contributed by atoms with Crippen LogP contribution in [0.5, 0.6) is 0 Å². The van der Waals surface area contributed by atoms with E-state index in [-0.39, 0.29) is 11.5 Å². The van der Waals surface area contributed by atoms with E-state index in [1.54, 1.807) is 0 Å². The van der Waals surface area contributed by atoms with Crippen molar-refractivity contribution in [3.8, 4) is 0 Å². The Kier molecular flexibility index (Phi) is 4.58. The normalized spacial score (nSPS) is 20.1. The van der Waals surface area contributed by atoms with Gasteiger partial charge < -0.3 is 10.3 Å². The second-order valence-electron chi connectivity index (χ2n) is 5.48. The lowest BCUT2D eigenvalue weighted by Gasteiger charge is -2.23. The van der Waals surface area contributed by atoms with Gasteiger partial charge in [0.2, 0.25) is 0 Å². The number of rotatable bonds is 5. The minimum absolute atomic E-state index is 0.0834. The fourth-order valence-electron chi connectivity index (χ4n) is 2.61. The zero-order valence-electron chi connectivity index (χ0n) is 12.1. The molecule has 1 saturated heterocycles. The summed E-state index contributed by atoms with van der Waals surface area (Å²) in [6.45, 7) is 9.38. The lowest BCUT2D eigenvalue weighted by Crippen LogP contribution is -2.35. The van der Waals surface area contributed by atoms with E-state index in [9.17, 15) is 4.79 Å². The monoisotopic (exact) mass is 264 g/mol. The summed E-state index contributed by atoms with van der Waals surface area (Å²) in [6, 6.07) is 2.10. The molecular formula is C14H24N4O. The van der Waals surface area contributed by atoms with E-state index in [0.717, 1.165) is 18.9 Å². The van der Waals surface area contributed by atoms with Crippen LogP contribution in [0.2, 0.25) is 0 Å². The summed E-state index contributed by atoms with van der Waals surface area (Å²) < 4.78 is 0. The van der Waals surface area contributed by atoms with Crippen molar-refractivity contribution in [2.24, 2.45) is 0 Å². The van der Waals surface area contributed by atoms with Crippen LogP contribution in [0.15, 0.2) is 10.9 Å². The summed E-state index contributed by atoms with van der Waals surface area (Å²) in [5.74, 6) is 1.66. The van der Waals surface area contributed by atoms with Gasteiger partial charge in [0, 0.05) is 24.6 Å². The minimum Gasteiger partial charge on any atom is -0.368 e. The largest absolute Gasteiger partial charge is 0.368 e. The molecule has 0 saturated carbocycles. The van der Waals surface area contributed by atoms with Crippen LogP contribution in [-0.4, -0.2) is 40.5 Å². The van der Waals surface area contributed by atoms with E-state index >= 15 is 0 Å². The summed E-state index contributed by atoms with van der Waals surface area (Å²) in [5.41, 5.74) is -0.0834. The highest BCUT2D eigenvalue weighted by Crippen LogP contribution is 2.17. The smallest absolute Gasteiger partial charge is 0.252 e. The zero-order chi connectivity index (χ0) is 13.8. The van der Waals surface area contributed by atoms with Gasteiger partial charge in [-0.2, -0.15) is 0 Å². The topological polar surface area (TPSA) is 61.0 Å². The fourth-order valence-corrected chi connectivity index (χ4v) is 2.61. The molecule has 1 fully saturated rings. The molecule has 5 nitrogen and oxygen atoms in total. The molecule has 1 unspecified atom stereocenters. The van der Waals surface area contributed by atoms with Gasteiger partial charge in [0.05, 0.1) is 0 Å². The first kappa shape index (κ1) is 14.1. The Bertz CT molecular complexity index is 469. The van der Waals surface area contributed by atoms with E-state index in [1.807, 2.05) is 13.8 Å². The maximum absolute atomic E-state index is 11.6. The summed E-state index contributed by atoms with van der Waals surface area (Å²) in [5, 5.41) is 3.31. The molecule has 2 rings (SSSR count). The van der Waals surface area contributed by atoms with Crippen molar-refractivity contribution in [1.29, 1.82) is 0 Å². The van der Waals surface area contributed by atoms with Gasteiger partial charge in [-0.05, 0) is 25.9 Å². The van der Waals surface area contributed by atoms with Crippen LogP contribution in [0, 0.1) is 0 Å². The van der Waals surface area contributed by atoms with Crippen LogP contribution in [-0.2, 0) is 0 Å². The second kappa shape index (κ2) is 6.19. The average Bonchev–Trinajstić information content (AvgIpc) is 2.83. The van der Waals surface area contributed by atoms with Crippen LogP contribution in [0.3, 0.4) is 0 Å². The number of likely N-dealkylation sites (N-methyl/N-ethyl adjacent to an activating group) is 1. The first-order valence-corrected chi connectivity index (χ1v) is 7.19. The lowest BCUT2D eigenvalue weighted by molar-refractivity contribution is 0.277. The van der Waals surface area contributed by atoms with Crippen LogP contribution >= 0.6 is 0 Å². The third-order valence-corrected chi connectivity index (χ3v) is 3.73. The third kappa shape index (κ3) is 3.56. The van der Waals surface area contributed by atoms with E-state index in [0.29, 0.717) is 11.9 Å². The number of anilines is 1. The Balaban J connectivity index is 2.01. The van der Waals surface area contributed by atoms with Crippen LogP contribution < -0.4 is 10.9 Å². The number of aromatic amines is 1. The third-order valence-electron chi connectivity index (χ3n) is 3.73. The lowest BCUT2D eigenvalue weighted by atomic mass is 10.2. The van der Waals surface area contributed by atoms with Crippen LogP contribution in [0.4, 0.5) is 5.82 Å². The Morgan fingerprint density at radius 2 is 2.37 bits per heavy atom. The van der Waals surface area contributed by atoms with Gasteiger partial charge in [0.15, 0.2) is 0 Å². The van der Waals surface area contributed by atoms with Crippen molar-refractivity contribution in [2.75, 3.05) is 25.0 Å². The molecule has 0 aliphatic carbocycles. The number of likely N-dealkylation sites (tertiary alicyclic amines) is 1. The Hall–Kier alpha value is -1.36. The first-order chi connectivity index (χ1) is 9.10. The molecule has 1 aromatic heterocycles. The molecule has 1 aliphatic rings. The highest BCUT2D eigenvalue weighted by molar-refractivity contribution is 5.33. The molecule has 1 atom stereocenters. The van der Waals surface area contributed by atoms with Crippen LogP contribution in [0.1, 0.15) is 45.4 Å². The summed E-state index contributed by atoms with van der Waals surface area (Å²) in [6.07, 6.45) is 2.49. The van der Waals surface area contributed by atoms with Crippen molar-refractivity contribution >= 4 is 5.82 Å². The molecule has 1 aliphatic heterocycles. The molecule has 106 valence electrons. The van der Waals surface area contributed by atoms with Gasteiger partial charge in [0.1, 0.15) is 11.6 Å². The highest BCUT2D eigenvalue weighted by Gasteiger charge is 2.22. The Morgan fingerprint density at radius 1 is 1.58 bits per heavy atom. The number of H-pyrrole nitrogens is 1. The van der Waals surface area contributed by atoms with Gasteiger partial charge in [-0.15, -0.1) is 0 Å². The summed E-state index contributed by atoms with van der Waals surface area (Å²) in [7, 11) is 0. The van der Waals surface area contributed by atoms with Crippen molar-refractivity contribution in [1.82, 2.24) is 14.9 Å². The van der Waals surface area contributed by atoms with Crippen LogP contribution in [0.25, 0.3) is 0 Å². The van der Waals surface area contributed by atoms with Gasteiger partial charge in [0.25, 0.3) is 5.56 Å². The van der Waals surface area contributed by atoms with E-state index in [4.69, 9.17) is 0 Å². The maximum atomic E-state index is 11.6. The van der Waals surface area contributed by atoms with Crippen molar-refractivity contribution < 1.29 is 0 Å². The maximum Gasteiger partial charge on any atom is 0.252 e. The number of hydrogen-bond donors (Lipinski definition) is 2. The second-order valence-corrected chi connectivity index (χ2v) is 5.48. The zero-order valence-corrected chi connectivity index (χ0v) is 12.1. The molecule has 5 heteroatoms. The molecule has 2 heterocycles. The van der Waals surface area contributed by atoms with E-state index in [2.05, 4.69) is 27.1 Å². The summed E-state index contributed by atoms with van der Waals surface area (Å²) >= 11 is 0. The van der Waals surface area contributed by atoms with Gasteiger partial charge >= 0.3 is 0 Å². The number of aromatic nitrogens is 2. The van der Waals surface area contributed by atoms with Crippen molar-refractivity contribution in [2.45, 2.75) is 45.6 Å². The van der Waals surface area contributed by atoms with Gasteiger partial charge in [-0.25, -0.2) is 4.98 Å². The Labute approximate surface area is 114 Å². The molecule has 0 spiro atoms. The molecule has 0 bridgehead atoms. The predicted octanol–water partition coefficient (Wildman–Crippen LogP) is 1.79. The predicted molar refractivity (Wildman–Crippen MR) is 77.7 cm³/mol. The van der Waals surface area contributed by atoms with Crippen molar-refractivity contribution in [3.63, 3.8) is 0 Å². The molecule has 1 aromatic rings. The molecule has 2 N–H and O–H groups in total. The fraction of sp³-hybridized carbons (Fsp3) is 0.714. The molecule has 0 radical (unpaired) electrons. The molecule has 19 heavy (non-hydrogen) atoms. The standard InChI is InChI=1S/C14H24N4O/c1-4-18-7-5-6-11(18)9-15-12-8-13(19)17-14(16-12)10(2)3/h8,10-11H,4-7,9H2,1-3H3,(H2,15,16,17,19). The van der Waals surface area contributed by atoms with E-state index < -0.39 is 0 Å². The quantitative estimate of drug-likeness (QED) is 0.851. The highest BCUT2D eigenvalue weighted by atomic mass is 16.1. The molecule has 0 amide bonds. The molecule has 0 aromatic carbocycles. The molecular weight excluding hydrogens is 240 g/mol. The van der Waals surface area contributed by atoms with Gasteiger partial charge in [-0.1, -0.05) is 20.8 Å².